The summed E-state index contributed by atoms with van der Waals surface area (Å²) >= 11 is 0. The topological polar surface area (TPSA) is 52.0 Å². The van der Waals surface area contributed by atoms with Crippen molar-refractivity contribution in [2.75, 3.05) is 12.4 Å². The minimum Gasteiger partial charge on any atom is -0.494 e. The molecule has 0 bridgehead atoms. The quantitative estimate of drug-likeness (QED) is 0.904. The lowest BCUT2D eigenvalue weighted by molar-refractivity contribution is 0.144. The molecule has 102 valence electrons. The summed E-state index contributed by atoms with van der Waals surface area (Å²) in [6.07, 6.45) is 2.15. The summed E-state index contributed by atoms with van der Waals surface area (Å²) in [6.45, 7) is 0.232. The van der Waals surface area contributed by atoms with Crippen molar-refractivity contribution in [2.24, 2.45) is 7.05 Å². The Kier molecular flexibility index (Phi) is 3.94. The smallest absolute Gasteiger partial charge is 0.282 e. The SMILES string of the molecule is COc1ccncc1NCc1cn(C)nc1C(F)F. The summed E-state index contributed by atoms with van der Waals surface area (Å²) < 4.78 is 32.1. The van der Waals surface area contributed by atoms with Crippen molar-refractivity contribution < 1.29 is 13.5 Å². The van der Waals surface area contributed by atoms with Gasteiger partial charge in [0.25, 0.3) is 6.43 Å². The number of nitrogens with zero attached hydrogens (tertiary/aromatic N) is 3. The molecule has 2 heterocycles. The van der Waals surface area contributed by atoms with E-state index in [0.717, 1.165) is 0 Å². The highest BCUT2D eigenvalue weighted by Crippen LogP contribution is 2.25. The molecule has 0 atom stereocenters. The van der Waals surface area contributed by atoms with E-state index >= 15 is 0 Å². The highest BCUT2D eigenvalue weighted by atomic mass is 19.3. The van der Waals surface area contributed by atoms with E-state index in [1.807, 2.05) is 0 Å². The van der Waals surface area contributed by atoms with Crippen molar-refractivity contribution in [3.63, 3.8) is 0 Å². The standard InChI is InChI=1S/C12H14F2N4O/c1-18-7-8(11(17-18)12(13)14)5-16-9-6-15-4-3-10(9)19-2/h3-4,6-7,12,16H,5H2,1-2H3. The molecule has 0 aromatic carbocycles. The highest BCUT2D eigenvalue weighted by Gasteiger charge is 2.17. The monoisotopic (exact) mass is 268 g/mol. The maximum Gasteiger partial charge on any atom is 0.282 e. The molecular weight excluding hydrogens is 254 g/mol. The Hall–Kier alpha value is -2.18. The largest absolute Gasteiger partial charge is 0.494 e. The molecule has 0 amide bonds. The third kappa shape index (κ3) is 2.98. The first-order valence-electron chi connectivity index (χ1n) is 5.64. The van der Waals surface area contributed by atoms with Gasteiger partial charge in [-0.05, 0) is 0 Å². The first-order chi connectivity index (χ1) is 9.11. The molecule has 1 N–H and O–H groups in total. The Labute approximate surface area is 109 Å². The fourth-order valence-electron chi connectivity index (χ4n) is 1.76. The minimum atomic E-state index is -2.59. The van der Waals surface area contributed by atoms with Gasteiger partial charge in [-0.25, -0.2) is 8.78 Å². The Morgan fingerprint density at radius 3 is 2.95 bits per heavy atom. The molecule has 7 heteroatoms. The zero-order chi connectivity index (χ0) is 13.8. The van der Waals surface area contributed by atoms with E-state index in [-0.39, 0.29) is 12.2 Å². The van der Waals surface area contributed by atoms with Gasteiger partial charge in [0.1, 0.15) is 11.4 Å². The van der Waals surface area contributed by atoms with E-state index < -0.39 is 6.43 Å². The molecule has 2 aromatic heterocycles. The Bertz CT molecular complexity index is 556. The van der Waals surface area contributed by atoms with Crippen LogP contribution in [0, 0.1) is 0 Å². The minimum absolute atomic E-state index is 0.210. The van der Waals surface area contributed by atoms with E-state index in [0.29, 0.717) is 17.0 Å². The molecule has 2 rings (SSSR count). The van der Waals surface area contributed by atoms with Crippen LogP contribution in [0.1, 0.15) is 17.7 Å². The summed E-state index contributed by atoms with van der Waals surface area (Å²) in [7, 11) is 3.15. The number of alkyl halides is 2. The lowest BCUT2D eigenvalue weighted by atomic mass is 10.2. The highest BCUT2D eigenvalue weighted by molar-refractivity contribution is 5.54. The van der Waals surface area contributed by atoms with Crippen molar-refractivity contribution in [2.45, 2.75) is 13.0 Å². The van der Waals surface area contributed by atoms with Crippen LogP contribution in [0.2, 0.25) is 0 Å². The predicted molar refractivity (Wildman–Crippen MR) is 66.3 cm³/mol. The van der Waals surface area contributed by atoms with Crippen molar-refractivity contribution >= 4 is 5.69 Å². The third-order valence-corrected chi connectivity index (χ3v) is 2.61. The van der Waals surface area contributed by atoms with Gasteiger partial charge in [0.05, 0.1) is 19.0 Å². The lowest BCUT2D eigenvalue weighted by Gasteiger charge is -2.09. The van der Waals surface area contributed by atoms with Crippen LogP contribution < -0.4 is 10.1 Å². The maximum atomic E-state index is 12.8. The Morgan fingerprint density at radius 2 is 2.26 bits per heavy atom. The molecule has 0 aliphatic carbocycles. The zero-order valence-corrected chi connectivity index (χ0v) is 10.6. The summed E-state index contributed by atoms with van der Waals surface area (Å²) in [5, 5.41) is 6.76. The van der Waals surface area contributed by atoms with Crippen LogP contribution in [-0.4, -0.2) is 21.9 Å². The van der Waals surface area contributed by atoms with Gasteiger partial charge in [0, 0.05) is 37.6 Å². The number of methoxy groups -OCH3 is 1. The molecule has 0 spiro atoms. The summed E-state index contributed by atoms with van der Waals surface area (Å²) in [4.78, 5) is 3.96. The number of ether oxygens (including phenoxy) is 1. The van der Waals surface area contributed by atoms with Crippen LogP contribution in [0.25, 0.3) is 0 Å². The normalized spacial score (nSPS) is 10.8. The number of hydrogen-bond acceptors (Lipinski definition) is 4. The number of hydrogen-bond donors (Lipinski definition) is 1. The van der Waals surface area contributed by atoms with Crippen molar-refractivity contribution in [1.82, 2.24) is 14.8 Å². The fourth-order valence-corrected chi connectivity index (χ4v) is 1.76. The molecule has 0 fully saturated rings. The molecule has 0 aliphatic rings. The average Bonchev–Trinajstić information content (AvgIpc) is 2.78. The van der Waals surface area contributed by atoms with Crippen LogP contribution in [0.3, 0.4) is 0 Å². The van der Waals surface area contributed by atoms with Crippen molar-refractivity contribution in [3.8, 4) is 5.75 Å². The van der Waals surface area contributed by atoms with Crippen LogP contribution in [0.5, 0.6) is 5.75 Å². The van der Waals surface area contributed by atoms with E-state index in [2.05, 4.69) is 15.4 Å². The first-order valence-corrected chi connectivity index (χ1v) is 5.64. The van der Waals surface area contributed by atoms with Crippen LogP contribution in [0.15, 0.2) is 24.7 Å². The van der Waals surface area contributed by atoms with Gasteiger partial charge in [-0.1, -0.05) is 0 Å². The molecule has 2 aromatic rings. The van der Waals surface area contributed by atoms with Gasteiger partial charge in [-0.15, -0.1) is 0 Å². The van der Waals surface area contributed by atoms with Crippen molar-refractivity contribution in [1.29, 1.82) is 0 Å². The fraction of sp³-hybridized carbons (Fsp3) is 0.333. The Balaban J connectivity index is 2.14. The van der Waals surface area contributed by atoms with Gasteiger partial charge in [0.2, 0.25) is 0 Å². The lowest BCUT2D eigenvalue weighted by Crippen LogP contribution is -2.03. The van der Waals surface area contributed by atoms with Gasteiger partial charge >= 0.3 is 0 Å². The number of halogens is 2. The third-order valence-electron chi connectivity index (χ3n) is 2.61. The molecular formula is C12H14F2N4O. The van der Waals surface area contributed by atoms with Gasteiger partial charge < -0.3 is 10.1 Å². The second-order valence-corrected chi connectivity index (χ2v) is 3.94. The van der Waals surface area contributed by atoms with Gasteiger partial charge in [-0.2, -0.15) is 5.10 Å². The van der Waals surface area contributed by atoms with E-state index in [4.69, 9.17) is 4.74 Å². The molecule has 0 radical (unpaired) electrons. The van der Waals surface area contributed by atoms with E-state index in [1.54, 1.807) is 31.7 Å². The van der Waals surface area contributed by atoms with Crippen molar-refractivity contribution in [3.05, 3.63) is 35.9 Å². The number of aromatic nitrogens is 3. The first kappa shape index (κ1) is 13.3. The van der Waals surface area contributed by atoms with Crippen LogP contribution in [-0.2, 0) is 13.6 Å². The number of rotatable bonds is 5. The molecule has 19 heavy (non-hydrogen) atoms. The molecule has 0 unspecified atom stereocenters. The average molecular weight is 268 g/mol. The summed E-state index contributed by atoms with van der Waals surface area (Å²) in [6, 6.07) is 1.69. The van der Waals surface area contributed by atoms with Crippen LogP contribution in [0.4, 0.5) is 14.5 Å². The Morgan fingerprint density at radius 1 is 1.47 bits per heavy atom. The summed E-state index contributed by atoms with van der Waals surface area (Å²) in [5.74, 6) is 0.609. The second-order valence-electron chi connectivity index (χ2n) is 3.94. The molecule has 0 saturated heterocycles. The summed E-state index contributed by atoms with van der Waals surface area (Å²) in [5.41, 5.74) is 0.885. The number of pyridine rings is 1. The number of nitrogens with one attached hydrogen (secondary N) is 1. The van der Waals surface area contributed by atoms with Gasteiger partial charge in [-0.3, -0.25) is 9.67 Å². The molecule has 0 aliphatic heterocycles. The predicted octanol–water partition coefficient (Wildman–Crippen LogP) is 2.37. The van der Waals surface area contributed by atoms with E-state index in [1.165, 1.54) is 11.8 Å². The molecule has 0 saturated carbocycles. The van der Waals surface area contributed by atoms with Crippen LogP contribution >= 0.6 is 0 Å². The van der Waals surface area contributed by atoms with E-state index in [9.17, 15) is 8.78 Å². The maximum absolute atomic E-state index is 12.8. The number of aryl methyl sites for hydroxylation is 1. The second kappa shape index (κ2) is 5.64. The molecule has 5 nitrogen and oxygen atoms in total. The zero-order valence-electron chi connectivity index (χ0n) is 10.6. The number of anilines is 1. The van der Waals surface area contributed by atoms with Gasteiger partial charge in [0.15, 0.2) is 0 Å².